The van der Waals surface area contributed by atoms with Crippen LogP contribution in [0.25, 0.3) is 33.5 Å². The van der Waals surface area contributed by atoms with E-state index in [0.717, 1.165) is 59.4 Å². The normalized spacial score (nSPS) is 17.4. The van der Waals surface area contributed by atoms with E-state index in [1.54, 1.807) is 12.4 Å². The van der Waals surface area contributed by atoms with Crippen molar-refractivity contribution in [3.8, 4) is 22.6 Å². The highest BCUT2D eigenvalue weighted by Crippen LogP contribution is 2.33. The van der Waals surface area contributed by atoms with Crippen LogP contribution in [0, 0.1) is 0 Å². The molecule has 0 amide bonds. The summed E-state index contributed by atoms with van der Waals surface area (Å²) in [4.78, 5) is 9.30. The first-order valence-corrected chi connectivity index (χ1v) is 9.20. The van der Waals surface area contributed by atoms with Gasteiger partial charge in [0, 0.05) is 49.4 Å². The molecule has 0 aromatic carbocycles. The van der Waals surface area contributed by atoms with E-state index in [4.69, 9.17) is 4.74 Å². The zero-order valence-corrected chi connectivity index (χ0v) is 15.1. The summed E-state index contributed by atoms with van der Waals surface area (Å²) >= 11 is 0. The average Bonchev–Trinajstić information content (AvgIpc) is 3.37. The lowest BCUT2D eigenvalue weighted by Gasteiger charge is -2.24. The van der Waals surface area contributed by atoms with E-state index in [9.17, 15) is 0 Å². The van der Waals surface area contributed by atoms with Gasteiger partial charge in [0.15, 0.2) is 6.23 Å². The van der Waals surface area contributed by atoms with Crippen LogP contribution in [0.2, 0.25) is 0 Å². The fraction of sp³-hybridized carbons (Fsp3) is 0.300. The lowest BCUT2D eigenvalue weighted by atomic mass is 10.1. The highest BCUT2D eigenvalue weighted by molar-refractivity contribution is 5.99. The van der Waals surface area contributed by atoms with Gasteiger partial charge < -0.3 is 4.74 Å². The van der Waals surface area contributed by atoms with Gasteiger partial charge in [-0.05, 0) is 43.5 Å². The van der Waals surface area contributed by atoms with E-state index >= 15 is 0 Å². The molecule has 1 aliphatic rings. The summed E-state index contributed by atoms with van der Waals surface area (Å²) < 4.78 is 9.75. The monoisotopic (exact) mass is 360 g/mol. The molecule has 0 spiro atoms. The third-order valence-electron chi connectivity index (χ3n) is 5.10. The van der Waals surface area contributed by atoms with E-state index in [2.05, 4.69) is 20.2 Å². The van der Waals surface area contributed by atoms with Crippen molar-refractivity contribution >= 4 is 10.9 Å². The van der Waals surface area contributed by atoms with Crippen LogP contribution >= 0.6 is 0 Å². The number of hydrogen-bond acceptors (Lipinski definition) is 5. The maximum atomic E-state index is 5.94. The predicted molar refractivity (Wildman–Crippen MR) is 102 cm³/mol. The molecule has 7 nitrogen and oxygen atoms in total. The van der Waals surface area contributed by atoms with E-state index in [1.165, 1.54) is 0 Å². The molecule has 5 heterocycles. The van der Waals surface area contributed by atoms with Gasteiger partial charge in [0.1, 0.15) is 5.69 Å². The van der Waals surface area contributed by atoms with Crippen LogP contribution in [-0.4, -0.2) is 36.1 Å². The molecule has 1 unspecified atom stereocenters. The number of pyridine rings is 2. The highest BCUT2D eigenvalue weighted by Gasteiger charge is 2.22. The van der Waals surface area contributed by atoms with Gasteiger partial charge in [0.05, 0.1) is 16.9 Å². The third-order valence-corrected chi connectivity index (χ3v) is 5.10. The van der Waals surface area contributed by atoms with E-state index in [0.29, 0.717) is 0 Å². The summed E-state index contributed by atoms with van der Waals surface area (Å²) in [6, 6.07) is 8.02. The molecule has 1 atom stereocenters. The smallest absolute Gasteiger partial charge is 0.150 e. The summed E-state index contributed by atoms with van der Waals surface area (Å²) in [6.45, 7) is 0.774. The maximum absolute atomic E-state index is 5.94. The molecule has 1 fully saturated rings. The molecule has 7 heteroatoms. The summed E-state index contributed by atoms with van der Waals surface area (Å²) in [5.41, 5.74) is 4.74. The van der Waals surface area contributed by atoms with Crippen LogP contribution < -0.4 is 0 Å². The van der Waals surface area contributed by atoms with Crippen molar-refractivity contribution in [2.24, 2.45) is 7.05 Å². The van der Waals surface area contributed by atoms with Crippen LogP contribution in [0.1, 0.15) is 25.5 Å². The van der Waals surface area contributed by atoms with Gasteiger partial charge in [-0.15, -0.1) is 0 Å². The number of aryl methyl sites for hydroxylation is 1. The van der Waals surface area contributed by atoms with Crippen LogP contribution in [0.15, 0.2) is 49.1 Å². The number of hydrogen-bond donors (Lipinski definition) is 0. The van der Waals surface area contributed by atoms with Crippen LogP contribution in [0.3, 0.4) is 0 Å². The molecule has 27 heavy (non-hydrogen) atoms. The van der Waals surface area contributed by atoms with Crippen molar-refractivity contribution < 1.29 is 4.74 Å². The largest absolute Gasteiger partial charge is 0.356 e. The first kappa shape index (κ1) is 16.1. The van der Waals surface area contributed by atoms with Gasteiger partial charge in [0.25, 0.3) is 0 Å². The Morgan fingerprint density at radius 2 is 1.78 bits per heavy atom. The van der Waals surface area contributed by atoms with E-state index < -0.39 is 0 Å². The third kappa shape index (κ3) is 2.71. The van der Waals surface area contributed by atoms with Crippen LogP contribution in [0.4, 0.5) is 0 Å². The second-order valence-corrected chi connectivity index (χ2v) is 6.74. The Morgan fingerprint density at radius 1 is 0.926 bits per heavy atom. The minimum atomic E-state index is -0.0407. The molecule has 0 saturated carbocycles. The van der Waals surface area contributed by atoms with Gasteiger partial charge >= 0.3 is 0 Å². The zero-order valence-electron chi connectivity index (χ0n) is 15.1. The van der Waals surface area contributed by atoms with Gasteiger partial charge in [-0.2, -0.15) is 10.2 Å². The van der Waals surface area contributed by atoms with Crippen molar-refractivity contribution in [3.05, 3.63) is 49.1 Å². The minimum Gasteiger partial charge on any atom is -0.356 e. The Hall–Kier alpha value is -3.06. The van der Waals surface area contributed by atoms with Crippen LogP contribution in [0.5, 0.6) is 0 Å². The Bertz CT molecular complexity index is 1090. The van der Waals surface area contributed by atoms with Crippen molar-refractivity contribution in [2.75, 3.05) is 6.61 Å². The zero-order chi connectivity index (χ0) is 18.2. The molecule has 136 valence electrons. The molecular formula is C20H20N6O. The maximum Gasteiger partial charge on any atom is 0.150 e. The molecule has 4 aromatic heterocycles. The fourth-order valence-electron chi connectivity index (χ4n) is 3.77. The van der Waals surface area contributed by atoms with E-state index in [1.807, 2.05) is 53.1 Å². The lowest BCUT2D eigenvalue weighted by Crippen LogP contribution is -2.20. The second kappa shape index (κ2) is 6.59. The SMILES string of the molecule is Cn1nccc1-c1ccnc2c(-c3ccnn3C3CCCCO3)nccc12. The molecule has 0 radical (unpaired) electrons. The first-order chi connectivity index (χ1) is 13.3. The van der Waals surface area contributed by atoms with Gasteiger partial charge in [-0.3, -0.25) is 14.6 Å². The summed E-state index contributed by atoms with van der Waals surface area (Å²) in [6.07, 6.45) is 10.4. The molecule has 5 rings (SSSR count). The Labute approximate surface area is 156 Å². The first-order valence-electron chi connectivity index (χ1n) is 9.20. The summed E-state index contributed by atoms with van der Waals surface area (Å²) in [5.74, 6) is 0. The molecule has 1 saturated heterocycles. The number of ether oxygens (including phenoxy) is 1. The van der Waals surface area contributed by atoms with Crippen molar-refractivity contribution in [3.63, 3.8) is 0 Å². The molecule has 1 aliphatic heterocycles. The van der Waals surface area contributed by atoms with Gasteiger partial charge in [0.2, 0.25) is 0 Å². The number of nitrogens with zero attached hydrogens (tertiary/aromatic N) is 6. The number of aromatic nitrogens is 6. The van der Waals surface area contributed by atoms with E-state index in [-0.39, 0.29) is 6.23 Å². The number of fused-ring (bicyclic) bond motifs is 1. The summed E-state index contributed by atoms with van der Waals surface area (Å²) in [5, 5.41) is 9.86. The van der Waals surface area contributed by atoms with Crippen LogP contribution in [-0.2, 0) is 11.8 Å². The predicted octanol–water partition coefficient (Wildman–Crippen LogP) is 3.59. The van der Waals surface area contributed by atoms with Crippen molar-refractivity contribution in [2.45, 2.75) is 25.5 Å². The second-order valence-electron chi connectivity index (χ2n) is 6.74. The summed E-state index contributed by atoms with van der Waals surface area (Å²) in [7, 11) is 1.94. The fourth-order valence-corrected chi connectivity index (χ4v) is 3.77. The Morgan fingerprint density at radius 3 is 2.59 bits per heavy atom. The molecule has 0 N–H and O–H groups in total. The standard InChI is InChI=1S/C20H20N6O/c1-25-16(7-11-23-25)14-5-9-21-19-15(14)6-10-22-20(19)17-8-12-24-26(17)18-4-2-3-13-27-18/h5-12,18H,2-4,13H2,1H3. The average molecular weight is 360 g/mol. The molecule has 0 aliphatic carbocycles. The molecule has 0 bridgehead atoms. The highest BCUT2D eigenvalue weighted by atomic mass is 16.5. The van der Waals surface area contributed by atoms with Gasteiger partial charge in [-0.25, -0.2) is 4.68 Å². The minimum absolute atomic E-state index is 0.0407. The Balaban J connectivity index is 1.68. The van der Waals surface area contributed by atoms with Crippen molar-refractivity contribution in [1.29, 1.82) is 0 Å². The topological polar surface area (TPSA) is 70.7 Å². The molecule has 4 aromatic rings. The lowest BCUT2D eigenvalue weighted by molar-refractivity contribution is -0.0383. The quantitative estimate of drug-likeness (QED) is 0.558. The number of rotatable bonds is 3. The Kier molecular flexibility index (Phi) is 3.94. The molecular weight excluding hydrogens is 340 g/mol. The van der Waals surface area contributed by atoms with Gasteiger partial charge in [-0.1, -0.05) is 0 Å². The van der Waals surface area contributed by atoms with Crippen molar-refractivity contribution in [1.82, 2.24) is 29.5 Å².